The number of halogens is 1. The van der Waals surface area contributed by atoms with Crippen molar-refractivity contribution in [3.8, 4) is 5.75 Å². The number of nitrogens with zero attached hydrogens (tertiary/aromatic N) is 1. The zero-order chi connectivity index (χ0) is 19.9. The van der Waals surface area contributed by atoms with Crippen LogP contribution in [0.25, 0.3) is 0 Å². The quantitative estimate of drug-likeness (QED) is 0.803. The highest BCUT2D eigenvalue weighted by Crippen LogP contribution is 2.43. The molecule has 0 saturated carbocycles. The molecule has 146 valence electrons. The zero-order valence-electron chi connectivity index (χ0n) is 15.5. The molecule has 26 heavy (non-hydrogen) atoms. The number of amides is 1. The first-order valence-corrected chi connectivity index (χ1v) is 10.0. The normalized spacial score (nSPS) is 23.9. The topological polar surface area (TPSA) is 95.9 Å². The maximum atomic E-state index is 12.8. The van der Waals surface area contributed by atoms with Crippen molar-refractivity contribution in [1.82, 2.24) is 9.62 Å². The van der Waals surface area contributed by atoms with E-state index >= 15 is 0 Å². The van der Waals surface area contributed by atoms with Crippen LogP contribution in [-0.4, -0.2) is 49.8 Å². The number of methoxy groups -OCH3 is 1. The summed E-state index contributed by atoms with van der Waals surface area (Å²) in [4.78, 5) is 12.9. The maximum absolute atomic E-state index is 12.8. The number of hydrogen-bond acceptors (Lipinski definition) is 4. The predicted octanol–water partition coefficient (Wildman–Crippen LogP) is 3.18. The van der Waals surface area contributed by atoms with E-state index in [-0.39, 0.29) is 27.6 Å². The average Bonchev–Trinajstić information content (AvgIpc) is 2.84. The number of sulfonamides is 1. The summed E-state index contributed by atoms with van der Waals surface area (Å²) in [7, 11) is -2.56. The van der Waals surface area contributed by atoms with Gasteiger partial charge in [0, 0.05) is 23.1 Å². The van der Waals surface area contributed by atoms with E-state index in [9.17, 15) is 18.3 Å². The molecule has 0 aromatic heterocycles. The lowest BCUT2D eigenvalue weighted by molar-refractivity contribution is 0.0443. The van der Waals surface area contributed by atoms with E-state index in [1.165, 1.54) is 30.2 Å². The van der Waals surface area contributed by atoms with Gasteiger partial charge in [0.2, 0.25) is 10.0 Å². The van der Waals surface area contributed by atoms with Crippen LogP contribution < -0.4 is 9.46 Å². The summed E-state index contributed by atoms with van der Waals surface area (Å²) in [5.41, 5.74) is -1.07. The van der Waals surface area contributed by atoms with Crippen molar-refractivity contribution in [2.75, 3.05) is 13.7 Å². The fourth-order valence-corrected chi connectivity index (χ4v) is 4.96. The van der Waals surface area contributed by atoms with Crippen molar-refractivity contribution >= 4 is 27.7 Å². The van der Waals surface area contributed by atoms with E-state index in [1.54, 1.807) is 0 Å². The molecule has 1 aromatic carbocycles. The number of carboxylic acid groups (broad SMARTS) is 1. The molecule has 1 heterocycles. The van der Waals surface area contributed by atoms with E-state index in [4.69, 9.17) is 16.3 Å². The van der Waals surface area contributed by atoms with E-state index < -0.39 is 27.7 Å². The molecule has 0 bridgehead atoms. The van der Waals surface area contributed by atoms with Crippen LogP contribution in [0.2, 0.25) is 5.02 Å². The standard InChI is InChI=1S/C17H25ClN2O5S/c1-16(2,3)17(4)9-12(10-20(17)15(21)22)19-26(23,24)14-8-11(18)6-7-13(14)25-5/h6-8,12,19H,9-10H2,1-5H3,(H,21,22)/t12-,17+/m1/s1. The van der Waals surface area contributed by atoms with Gasteiger partial charge in [-0.3, -0.25) is 0 Å². The van der Waals surface area contributed by atoms with Gasteiger partial charge < -0.3 is 14.7 Å². The minimum absolute atomic E-state index is 0.0706. The maximum Gasteiger partial charge on any atom is 0.407 e. The molecule has 0 aliphatic carbocycles. The predicted molar refractivity (Wildman–Crippen MR) is 99.3 cm³/mol. The van der Waals surface area contributed by atoms with Crippen molar-refractivity contribution < 1.29 is 23.1 Å². The molecular formula is C17H25ClN2O5S. The first kappa shape index (κ1) is 20.8. The fourth-order valence-electron chi connectivity index (χ4n) is 3.30. The Balaban J connectivity index is 2.34. The highest BCUT2D eigenvalue weighted by atomic mass is 35.5. The van der Waals surface area contributed by atoms with Gasteiger partial charge >= 0.3 is 6.09 Å². The van der Waals surface area contributed by atoms with Crippen molar-refractivity contribution in [1.29, 1.82) is 0 Å². The Bertz CT molecular complexity index is 806. The molecule has 0 radical (unpaired) electrons. The van der Waals surface area contributed by atoms with Gasteiger partial charge in [0.15, 0.2) is 0 Å². The average molecular weight is 405 g/mol. The van der Waals surface area contributed by atoms with Crippen molar-refractivity contribution in [2.24, 2.45) is 5.41 Å². The lowest BCUT2D eigenvalue weighted by atomic mass is 9.73. The van der Waals surface area contributed by atoms with Gasteiger partial charge in [0.25, 0.3) is 0 Å². The van der Waals surface area contributed by atoms with Crippen LogP contribution in [0.4, 0.5) is 4.79 Å². The Morgan fingerprint density at radius 3 is 2.50 bits per heavy atom. The number of likely N-dealkylation sites (tertiary alicyclic amines) is 1. The van der Waals surface area contributed by atoms with Gasteiger partial charge in [0.05, 0.1) is 7.11 Å². The summed E-state index contributed by atoms with van der Waals surface area (Å²) >= 11 is 5.93. The number of hydrogen-bond donors (Lipinski definition) is 2. The molecule has 9 heteroatoms. The van der Waals surface area contributed by atoms with Crippen molar-refractivity contribution in [2.45, 2.75) is 50.6 Å². The number of nitrogens with one attached hydrogen (secondary N) is 1. The molecule has 1 amide bonds. The molecule has 1 fully saturated rings. The van der Waals surface area contributed by atoms with Crippen LogP contribution in [0.5, 0.6) is 5.75 Å². The summed E-state index contributed by atoms with van der Waals surface area (Å²) in [5, 5.41) is 9.84. The third-order valence-corrected chi connectivity index (χ3v) is 7.00. The molecule has 2 rings (SSSR count). The summed E-state index contributed by atoms with van der Waals surface area (Å²) in [6.45, 7) is 7.75. The first-order chi connectivity index (χ1) is 11.8. The van der Waals surface area contributed by atoms with Gasteiger partial charge in [-0.15, -0.1) is 0 Å². The molecule has 0 spiro atoms. The van der Waals surface area contributed by atoms with E-state index in [0.29, 0.717) is 6.42 Å². The summed E-state index contributed by atoms with van der Waals surface area (Å²) in [6.07, 6.45) is -0.699. The van der Waals surface area contributed by atoms with Gasteiger partial charge in [-0.2, -0.15) is 0 Å². The van der Waals surface area contributed by atoms with Gasteiger partial charge in [0.1, 0.15) is 10.6 Å². The molecule has 0 unspecified atom stereocenters. The molecule has 1 aliphatic heterocycles. The SMILES string of the molecule is COc1ccc(Cl)cc1S(=O)(=O)N[C@H]1CN(C(=O)O)[C@](C)(C(C)(C)C)C1. The zero-order valence-corrected chi connectivity index (χ0v) is 17.1. The number of rotatable bonds is 4. The van der Waals surface area contributed by atoms with Crippen LogP contribution in [-0.2, 0) is 10.0 Å². The van der Waals surface area contributed by atoms with Crippen LogP contribution >= 0.6 is 11.6 Å². The Hall–Kier alpha value is -1.51. The lowest BCUT2D eigenvalue weighted by Crippen LogP contribution is -2.52. The number of carbonyl (C=O) groups is 1. The fraction of sp³-hybridized carbons (Fsp3) is 0.588. The Morgan fingerprint density at radius 1 is 1.42 bits per heavy atom. The second-order valence-corrected chi connectivity index (χ2v) is 9.85. The largest absolute Gasteiger partial charge is 0.495 e. The summed E-state index contributed by atoms with van der Waals surface area (Å²) in [5.74, 6) is 0.175. The molecule has 2 N–H and O–H groups in total. The van der Waals surface area contributed by atoms with E-state index in [1.807, 2.05) is 27.7 Å². The Labute approximate surface area is 159 Å². The van der Waals surface area contributed by atoms with Gasteiger partial charge in [-0.25, -0.2) is 17.9 Å². The highest BCUT2D eigenvalue weighted by Gasteiger charge is 2.52. The van der Waals surface area contributed by atoms with Crippen molar-refractivity contribution in [3.05, 3.63) is 23.2 Å². The number of benzene rings is 1. The van der Waals surface area contributed by atoms with Crippen molar-refractivity contribution in [3.63, 3.8) is 0 Å². The molecule has 7 nitrogen and oxygen atoms in total. The minimum Gasteiger partial charge on any atom is -0.495 e. The molecular weight excluding hydrogens is 380 g/mol. The first-order valence-electron chi connectivity index (χ1n) is 8.18. The molecule has 1 aliphatic rings. The smallest absolute Gasteiger partial charge is 0.407 e. The lowest BCUT2D eigenvalue weighted by Gasteiger charge is -2.44. The van der Waals surface area contributed by atoms with Gasteiger partial charge in [-0.05, 0) is 37.0 Å². The highest BCUT2D eigenvalue weighted by molar-refractivity contribution is 7.89. The van der Waals surface area contributed by atoms with Crippen LogP contribution in [0.3, 0.4) is 0 Å². The van der Waals surface area contributed by atoms with E-state index in [2.05, 4.69) is 4.72 Å². The second-order valence-electron chi connectivity index (χ2n) is 7.73. The Kier molecular flexibility index (Phi) is 5.52. The Morgan fingerprint density at radius 2 is 2.04 bits per heavy atom. The van der Waals surface area contributed by atoms with Crippen LogP contribution in [0.1, 0.15) is 34.1 Å². The third-order valence-electron chi connectivity index (χ3n) is 5.23. The van der Waals surface area contributed by atoms with Gasteiger partial charge in [-0.1, -0.05) is 32.4 Å². The van der Waals surface area contributed by atoms with Crippen LogP contribution in [0.15, 0.2) is 23.1 Å². The monoisotopic (exact) mass is 404 g/mol. The van der Waals surface area contributed by atoms with E-state index in [0.717, 1.165) is 0 Å². The molecule has 1 saturated heterocycles. The minimum atomic E-state index is -3.93. The number of ether oxygens (including phenoxy) is 1. The summed E-state index contributed by atoms with van der Waals surface area (Å²) < 4.78 is 33.4. The second kappa shape index (κ2) is 6.90. The van der Waals surface area contributed by atoms with Crippen LogP contribution in [0, 0.1) is 5.41 Å². The summed E-state index contributed by atoms with van der Waals surface area (Å²) in [6, 6.07) is 3.78. The molecule has 2 atom stereocenters. The third kappa shape index (κ3) is 3.77. The molecule has 1 aromatic rings.